The highest BCUT2D eigenvalue weighted by atomic mass is 19.1. The molecule has 5 heteroatoms. The summed E-state index contributed by atoms with van der Waals surface area (Å²) in [4.78, 5) is 12.3. The largest absolute Gasteiger partial charge is 0.469 e. The molecule has 0 N–H and O–H groups in total. The van der Waals surface area contributed by atoms with E-state index < -0.39 is 5.60 Å². The average Bonchev–Trinajstić information content (AvgIpc) is 3.01. The first-order valence-electron chi connectivity index (χ1n) is 8.74. The molecule has 1 fully saturated rings. The van der Waals surface area contributed by atoms with Gasteiger partial charge >= 0.3 is 0 Å². The normalized spacial score (nSPS) is 25.7. The van der Waals surface area contributed by atoms with Crippen LogP contribution in [0.25, 0.3) is 0 Å². The Morgan fingerprint density at radius 2 is 2.31 bits per heavy atom. The van der Waals surface area contributed by atoms with Gasteiger partial charge < -0.3 is 9.47 Å². The molecule has 0 unspecified atom stereocenters. The zero-order chi connectivity index (χ0) is 18.9. The number of rotatable bonds is 5. The summed E-state index contributed by atoms with van der Waals surface area (Å²) in [6.45, 7) is 7.50. The van der Waals surface area contributed by atoms with Crippen molar-refractivity contribution in [3.63, 3.8) is 0 Å². The SMILES string of the molecule is C=CC[C@H]1C[C@]2([C@@H](C)Cc3cc(C#N)c(C)cc3F)OCOC2=CC1=O. The molecule has 0 saturated carbocycles. The summed E-state index contributed by atoms with van der Waals surface area (Å²) in [7, 11) is 0. The zero-order valence-corrected chi connectivity index (χ0v) is 15.0. The summed E-state index contributed by atoms with van der Waals surface area (Å²) in [6, 6.07) is 5.10. The lowest BCUT2D eigenvalue weighted by Gasteiger charge is -2.38. The molecule has 1 aliphatic carbocycles. The quantitative estimate of drug-likeness (QED) is 0.750. The molecule has 3 rings (SSSR count). The third-order valence-electron chi connectivity index (χ3n) is 5.46. The lowest BCUT2D eigenvalue weighted by Crippen LogP contribution is -2.45. The van der Waals surface area contributed by atoms with Crippen LogP contribution in [0.1, 0.15) is 36.5 Å². The Morgan fingerprint density at radius 3 is 3.00 bits per heavy atom. The molecular formula is C21H22FNO3. The second-order valence-corrected chi connectivity index (χ2v) is 7.11. The Labute approximate surface area is 152 Å². The summed E-state index contributed by atoms with van der Waals surface area (Å²) < 4.78 is 25.9. The van der Waals surface area contributed by atoms with Crippen LogP contribution in [0, 0.1) is 35.9 Å². The first-order valence-corrected chi connectivity index (χ1v) is 8.74. The van der Waals surface area contributed by atoms with Crippen molar-refractivity contribution in [1.82, 2.24) is 0 Å². The van der Waals surface area contributed by atoms with Gasteiger partial charge in [-0.1, -0.05) is 13.0 Å². The van der Waals surface area contributed by atoms with Crippen molar-refractivity contribution >= 4 is 5.78 Å². The number of hydrogen-bond acceptors (Lipinski definition) is 4. The van der Waals surface area contributed by atoms with E-state index in [1.807, 2.05) is 6.92 Å². The molecule has 0 amide bonds. The highest BCUT2D eigenvalue weighted by molar-refractivity contribution is 5.93. The van der Waals surface area contributed by atoms with Crippen molar-refractivity contribution in [1.29, 1.82) is 5.26 Å². The monoisotopic (exact) mass is 355 g/mol. The fourth-order valence-corrected chi connectivity index (χ4v) is 3.90. The Morgan fingerprint density at radius 1 is 1.54 bits per heavy atom. The van der Waals surface area contributed by atoms with Gasteiger partial charge in [0.2, 0.25) is 0 Å². The fraction of sp³-hybridized carbons (Fsp3) is 0.429. The van der Waals surface area contributed by atoms with E-state index in [-0.39, 0.29) is 30.2 Å². The molecular weight excluding hydrogens is 333 g/mol. The maximum Gasteiger partial charge on any atom is 0.189 e. The highest BCUT2D eigenvalue weighted by Crippen LogP contribution is 2.46. The van der Waals surface area contributed by atoms with Gasteiger partial charge in [-0.3, -0.25) is 4.79 Å². The lowest BCUT2D eigenvalue weighted by molar-refractivity contribution is -0.123. The minimum atomic E-state index is -0.744. The van der Waals surface area contributed by atoms with Crippen molar-refractivity contribution in [2.75, 3.05) is 6.79 Å². The van der Waals surface area contributed by atoms with Crippen molar-refractivity contribution in [3.8, 4) is 6.07 Å². The number of allylic oxidation sites excluding steroid dienone is 2. The second-order valence-electron chi connectivity index (χ2n) is 7.11. The Bertz CT molecular complexity index is 823. The maximum absolute atomic E-state index is 14.4. The fourth-order valence-electron chi connectivity index (χ4n) is 3.90. The molecule has 1 heterocycles. The Hall–Kier alpha value is -2.45. The number of nitriles is 1. The van der Waals surface area contributed by atoms with Gasteiger partial charge in [0.1, 0.15) is 17.2 Å². The van der Waals surface area contributed by atoms with Crippen LogP contribution in [0.15, 0.2) is 36.6 Å². The molecule has 1 aromatic carbocycles. The molecule has 0 aromatic heterocycles. The van der Waals surface area contributed by atoms with E-state index in [2.05, 4.69) is 12.6 Å². The van der Waals surface area contributed by atoms with E-state index in [1.54, 1.807) is 19.1 Å². The third kappa shape index (κ3) is 3.06. The average molecular weight is 355 g/mol. The molecule has 3 atom stereocenters. The van der Waals surface area contributed by atoms with Crippen LogP contribution in [0.5, 0.6) is 0 Å². The minimum Gasteiger partial charge on any atom is -0.469 e. The van der Waals surface area contributed by atoms with Gasteiger partial charge in [0.25, 0.3) is 0 Å². The van der Waals surface area contributed by atoms with Gasteiger partial charge in [0.05, 0.1) is 11.6 Å². The van der Waals surface area contributed by atoms with Crippen molar-refractivity contribution < 1.29 is 18.7 Å². The van der Waals surface area contributed by atoms with E-state index in [0.717, 1.165) is 0 Å². The van der Waals surface area contributed by atoms with Gasteiger partial charge in [-0.15, -0.1) is 6.58 Å². The van der Waals surface area contributed by atoms with Crippen molar-refractivity contribution in [2.24, 2.45) is 11.8 Å². The van der Waals surface area contributed by atoms with Crippen molar-refractivity contribution in [2.45, 2.75) is 38.7 Å². The van der Waals surface area contributed by atoms with Crippen LogP contribution in [0.3, 0.4) is 0 Å². The second kappa shape index (κ2) is 7.05. The Kier molecular flexibility index (Phi) is 4.97. The van der Waals surface area contributed by atoms with E-state index in [9.17, 15) is 14.4 Å². The van der Waals surface area contributed by atoms with Crippen LogP contribution >= 0.6 is 0 Å². The highest BCUT2D eigenvalue weighted by Gasteiger charge is 2.51. The predicted molar refractivity (Wildman–Crippen MR) is 94.5 cm³/mol. The molecule has 4 nitrogen and oxygen atoms in total. The standard InChI is InChI=1S/C21H22FNO3/c1-4-5-15-10-21(20(9-19(15)24)25-12-26-21)14(3)7-16-8-17(11-23)13(2)6-18(16)22/h4,6,8-9,14-15H,1,5,7,10,12H2,2-3H3/t14-,15-,21+/m0/s1. The van der Waals surface area contributed by atoms with Crippen molar-refractivity contribution in [3.05, 3.63) is 59.1 Å². The molecule has 2 aliphatic rings. The van der Waals surface area contributed by atoms with E-state index in [0.29, 0.717) is 41.7 Å². The first kappa shape index (κ1) is 18.3. The molecule has 136 valence electrons. The number of halogens is 1. The molecule has 1 aromatic rings. The van der Waals surface area contributed by atoms with E-state index in [1.165, 1.54) is 12.1 Å². The van der Waals surface area contributed by atoms with E-state index in [4.69, 9.17) is 9.47 Å². The number of benzene rings is 1. The number of nitrogens with zero attached hydrogens (tertiary/aromatic N) is 1. The van der Waals surface area contributed by atoms with E-state index >= 15 is 0 Å². The van der Waals surface area contributed by atoms with Crippen LogP contribution in [0.2, 0.25) is 0 Å². The summed E-state index contributed by atoms with van der Waals surface area (Å²) in [5.41, 5.74) is 0.816. The molecule has 26 heavy (non-hydrogen) atoms. The number of carbonyl (C=O) groups excluding carboxylic acids is 1. The van der Waals surface area contributed by atoms with Gasteiger partial charge in [-0.05, 0) is 55.4 Å². The number of aryl methyl sites for hydroxylation is 1. The van der Waals surface area contributed by atoms with Gasteiger partial charge in [-0.25, -0.2) is 4.39 Å². The summed E-state index contributed by atoms with van der Waals surface area (Å²) in [6.07, 6.45) is 4.69. The summed E-state index contributed by atoms with van der Waals surface area (Å²) in [5, 5.41) is 9.22. The number of ketones is 1. The molecule has 1 aliphatic heterocycles. The zero-order valence-electron chi connectivity index (χ0n) is 15.0. The molecule has 0 bridgehead atoms. The number of fused-ring (bicyclic) bond motifs is 1. The van der Waals surface area contributed by atoms with Crippen LogP contribution in [-0.2, 0) is 20.7 Å². The first-order chi connectivity index (χ1) is 12.4. The third-order valence-corrected chi connectivity index (χ3v) is 5.46. The molecule has 1 saturated heterocycles. The minimum absolute atomic E-state index is 0.0153. The van der Waals surface area contributed by atoms with Gasteiger partial charge in [0, 0.05) is 12.0 Å². The van der Waals surface area contributed by atoms with Gasteiger partial charge in [-0.2, -0.15) is 5.26 Å². The molecule has 0 spiro atoms. The van der Waals surface area contributed by atoms with Crippen LogP contribution in [-0.4, -0.2) is 18.2 Å². The summed E-state index contributed by atoms with van der Waals surface area (Å²) in [5.74, 6) is -0.119. The lowest BCUT2D eigenvalue weighted by atomic mass is 9.71. The van der Waals surface area contributed by atoms with Crippen LogP contribution in [0.4, 0.5) is 4.39 Å². The molecule has 0 radical (unpaired) electrons. The van der Waals surface area contributed by atoms with Crippen LogP contribution < -0.4 is 0 Å². The topological polar surface area (TPSA) is 59.3 Å². The number of ether oxygens (including phenoxy) is 2. The number of carbonyl (C=O) groups is 1. The summed E-state index contributed by atoms with van der Waals surface area (Å²) >= 11 is 0. The van der Waals surface area contributed by atoms with Gasteiger partial charge in [0.15, 0.2) is 12.6 Å². The predicted octanol–water partition coefficient (Wildman–Crippen LogP) is 3.98. The Balaban J connectivity index is 1.92. The number of hydrogen-bond donors (Lipinski definition) is 0. The maximum atomic E-state index is 14.4. The smallest absolute Gasteiger partial charge is 0.189 e.